The van der Waals surface area contributed by atoms with Gasteiger partial charge in [0.25, 0.3) is 5.91 Å². The number of nitrogens with zero attached hydrogens (tertiary/aromatic N) is 1. The molecule has 0 atom stereocenters. The zero-order valence-electron chi connectivity index (χ0n) is 8.95. The molecule has 0 unspecified atom stereocenters. The van der Waals surface area contributed by atoms with Crippen LogP contribution in [0.3, 0.4) is 0 Å². The van der Waals surface area contributed by atoms with Gasteiger partial charge >= 0.3 is 0 Å². The molecule has 0 bridgehead atoms. The van der Waals surface area contributed by atoms with Crippen LogP contribution in [0.15, 0.2) is 36.5 Å². The van der Waals surface area contributed by atoms with Gasteiger partial charge in [0, 0.05) is 3.57 Å². The molecule has 2 rings (SSSR count). The summed E-state index contributed by atoms with van der Waals surface area (Å²) in [6, 6.07) is 6.41. The smallest absolute Gasteiger partial charge is 0.256 e. The number of carbonyl (C=O) groups excluding carboxylic acids is 1. The average Bonchev–Trinajstić information content (AvgIpc) is 2.32. The Morgan fingerprint density at radius 2 is 2.00 bits per heavy atom. The van der Waals surface area contributed by atoms with Crippen LogP contribution in [0.5, 0.6) is 0 Å². The first kappa shape index (κ1) is 12.9. The van der Waals surface area contributed by atoms with E-state index in [2.05, 4.69) is 10.3 Å². The third kappa shape index (κ3) is 3.00. The Balaban J connectivity index is 2.19. The highest BCUT2D eigenvalue weighted by Gasteiger charge is 2.11. The number of nitrogens with one attached hydrogen (secondary N) is 1. The number of hydrogen-bond acceptors (Lipinski definition) is 2. The Bertz CT molecular complexity index is 587. The number of rotatable bonds is 2. The molecule has 1 N–H and O–H groups in total. The van der Waals surface area contributed by atoms with E-state index >= 15 is 0 Å². The Labute approximate surface area is 115 Å². The molecular formula is C12H7F2IN2O. The molecule has 18 heavy (non-hydrogen) atoms. The van der Waals surface area contributed by atoms with Gasteiger partial charge in [0.05, 0.1) is 17.4 Å². The SMILES string of the molecule is O=C(Nc1ccc(F)nc1)c1ccc(F)cc1I. The van der Waals surface area contributed by atoms with Crippen LogP contribution in [-0.2, 0) is 0 Å². The number of anilines is 1. The third-order valence-corrected chi connectivity index (χ3v) is 3.05. The summed E-state index contributed by atoms with van der Waals surface area (Å²) in [5.74, 6) is -1.42. The number of halogens is 3. The maximum Gasteiger partial charge on any atom is 0.256 e. The van der Waals surface area contributed by atoms with Gasteiger partial charge in [-0.25, -0.2) is 9.37 Å². The monoisotopic (exact) mass is 360 g/mol. The number of pyridine rings is 1. The summed E-state index contributed by atoms with van der Waals surface area (Å²) in [4.78, 5) is 15.3. The quantitative estimate of drug-likeness (QED) is 0.660. The van der Waals surface area contributed by atoms with Gasteiger partial charge in [-0.05, 0) is 52.9 Å². The molecule has 0 saturated carbocycles. The van der Waals surface area contributed by atoms with E-state index in [4.69, 9.17) is 0 Å². The lowest BCUT2D eigenvalue weighted by atomic mass is 10.2. The van der Waals surface area contributed by atoms with Crippen LogP contribution in [0.1, 0.15) is 10.4 Å². The second-order valence-corrected chi connectivity index (χ2v) is 4.61. The van der Waals surface area contributed by atoms with E-state index < -0.39 is 17.7 Å². The van der Waals surface area contributed by atoms with Crippen molar-refractivity contribution in [3.05, 3.63) is 57.4 Å². The highest BCUT2D eigenvalue weighted by molar-refractivity contribution is 14.1. The molecule has 0 saturated heterocycles. The molecule has 2 aromatic rings. The molecule has 1 amide bonds. The van der Waals surface area contributed by atoms with Crippen LogP contribution in [0.4, 0.5) is 14.5 Å². The number of aromatic nitrogens is 1. The van der Waals surface area contributed by atoms with E-state index in [1.807, 2.05) is 22.6 Å². The summed E-state index contributed by atoms with van der Waals surface area (Å²) in [5.41, 5.74) is 0.725. The van der Waals surface area contributed by atoms with Gasteiger partial charge in [0.2, 0.25) is 5.95 Å². The van der Waals surface area contributed by atoms with E-state index in [1.165, 1.54) is 30.5 Å². The molecule has 3 nitrogen and oxygen atoms in total. The fraction of sp³-hybridized carbons (Fsp3) is 0. The molecular weight excluding hydrogens is 353 g/mol. The largest absolute Gasteiger partial charge is 0.321 e. The van der Waals surface area contributed by atoms with Gasteiger partial charge in [-0.1, -0.05) is 0 Å². The van der Waals surface area contributed by atoms with Crippen LogP contribution in [0.2, 0.25) is 0 Å². The fourth-order valence-electron chi connectivity index (χ4n) is 1.32. The van der Waals surface area contributed by atoms with Crippen molar-refractivity contribution in [1.82, 2.24) is 4.98 Å². The molecule has 6 heteroatoms. The minimum atomic E-state index is -0.621. The van der Waals surface area contributed by atoms with Crippen molar-refractivity contribution in [3.63, 3.8) is 0 Å². The molecule has 0 radical (unpaired) electrons. The van der Waals surface area contributed by atoms with Gasteiger partial charge in [-0.2, -0.15) is 4.39 Å². The fourth-order valence-corrected chi connectivity index (χ4v) is 2.04. The highest BCUT2D eigenvalue weighted by atomic mass is 127. The molecule has 1 aromatic heterocycles. The number of benzene rings is 1. The van der Waals surface area contributed by atoms with Crippen LogP contribution >= 0.6 is 22.6 Å². The van der Waals surface area contributed by atoms with Crippen LogP contribution in [-0.4, -0.2) is 10.9 Å². The van der Waals surface area contributed by atoms with Crippen LogP contribution in [0, 0.1) is 15.3 Å². The van der Waals surface area contributed by atoms with E-state index in [9.17, 15) is 13.6 Å². The maximum atomic E-state index is 12.9. The standard InChI is InChI=1S/C12H7F2IN2O/c13-7-1-3-9(10(15)5-7)12(18)17-8-2-4-11(14)16-6-8/h1-6H,(H,17,18). The lowest BCUT2D eigenvalue weighted by molar-refractivity contribution is 0.102. The summed E-state index contributed by atoms with van der Waals surface area (Å²) in [6.07, 6.45) is 1.21. The summed E-state index contributed by atoms with van der Waals surface area (Å²) in [5, 5.41) is 2.55. The predicted molar refractivity (Wildman–Crippen MR) is 71.3 cm³/mol. The molecule has 0 spiro atoms. The van der Waals surface area contributed by atoms with Crippen molar-refractivity contribution in [2.75, 3.05) is 5.32 Å². The summed E-state index contributed by atoms with van der Waals surface area (Å²) >= 11 is 1.87. The normalized spacial score (nSPS) is 10.2. The van der Waals surface area contributed by atoms with Crippen molar-refractivity contribution in [3.8, 4) is 0 Å². The van der Waals surface area contributed by atoms with E-state index in [-0.39, 0.29) is 0 Å². The van der Waals surface area contributed by atoms with Gasteiger partial charge in [-0.15, -0.1) is 0 Å². The first-order chi connectivity index (χ1) is 8.56. The second-order valence-electron chi connectivity index (χ2n) is 3.45. The van der Waals surface area contributed by atoms with Gasteiger partial charge in [0.1, 0.15) is 5.82 Å². The Hall–Kier alpha value is -1.57. The average molecular weight is 360 g/mol. The molecule has 0 aliphatic rings. The van der Waals surface area contributed by atoms with Crippen molar-refractivity contribution in [2.24, 2.45) is 0 Å². The van der Waals surface area contributed by atoms with Crippen molar-refractivity contribution < 1.29 is 13.6 Å². The second kappa shape index (κ2) is 5.38. The number of amides is 1. The summed E-state index contributed by atoms with van der Waals surface area (Å²) < 4.78 is 26.0. The first-order valence-electron chi connectivity index (χ1n) is 4.94. The van der Waals surface area contributed by atoms with Crippen LogP contribution < -0.4 is 5.32 Å². The number of carbonyl (C=O) groups is 1. The lowest BCUT2D eigenvalue weighted by Gasteiger charge is -2.06. The van der Waals surface area contributed by atoms with Gasteiger partial charge < -0.3 is 5.32 Å². The van der Waals surface area contributed by atoms with Crippen molar-refractivity contribution in [1.29, 1.82) is 0 Å². The van der Waals surface area contributed by atoms with Crippen molar-refractivity contribution >= 4 is 34.2 Å². The maximum absolute atomic E-state index is 12.9. The molecule has 1 heterocycles. The molecule has 1 aromatic carbocycles. The molecule has 0 aliphatic heterocycles. The first-order valence-corrected chi connectivity index (χ1v) is 6.02. The van der Waals surface area contributed by atoms with Crippen LogP contribution in [0.25, 0.3) is 0 Å². The number of hydrogen-bond donors (Lipinski definition) is 1. The Kier molecular flexibility index (Phi) is 3.85. The summed E-state index contributed by atoms with van der Waals surface area (Å²) in [7, 11) is 0. The van der Waals surface area contributed by atoms with Gasteiger partial charge in [0.15, 0.2) is 0 Å². The van der Waals surface area contributed by atoms with E-state index in [1.54, 1.807) is 0 Å². The third-order valence-electron chi connectivity index (χ3n) is 2.16. The molecule has 92 valence electrons. The van der Waals surface area contributed by atoms with Crippen molar-refractivity contribution in [2.45, 2.75) is 0 Å². The zero-order chi connectivity index (χ0) is 13.1. The molecule has 0 aliphatic carbocycles. The Morgan fingerprint density at radius 3 is 2.61 bits per heavy atom. The van der Waals surface area contributed by atoms with E-state index in [0.717, 1.165) is 6.07 Å². The lowest BCUT2D eigenvalue weighted by Crippen LogP contribution is -2.13. The minimum absolute atomic E-state index is 0.348. The highest BCUT2D eigenvalue weighted by Crippen LogP contribution is 2.16. The van der Waals surface area contributed by atoms with E-state index in [0.29, 0.717) is 14.8 Å². The minimum Gasteiger partial charge on any atom is -0.321 e. The molecule has 0 fully saturated rings. The Morgan fingerprint density at radius 1 is 1.22 bits per heavy atom. The predicted octanol–water partition coefficient (Wildman–Crippen LogP) is 3.22. The van der Waals surface area contributed by atoms with Gasteiger partial charge in [-0.3, -0.25) is 4.79 Å². The topological polar surface area (TPSA) is 42.0 Å². The summed E-state index contributed by atoms with van der Waals surface area (Å²) in [6.45, 7) is 0. The zero-order valence-corrected chi connectivity index (χ0v) is 11.1.